The molecule has 2 fully saturated rings. The van der Waals surface area contributed by atoms with Gasteiger partial charge in [0.1, 0.15) is 5.92 Å². The highest BCUT2D eigenvalue weighted by Crippen LogP contribution is 2.55. The predicted octanol–water partition coefficient (Wildman–Crippen LogP) is 2.79. The Balaban J connectivity index is 1.90. The van der Waals surface area contributed by atoms with Crippen LogP contribution in [0.1, 0.15) is 39.5 Å². The lowest BCUT2D eigenvalue weighted by Gasteiger charge is -2.16. The van der Waals surface area contributed by atoms with E-state index in [1.807, 2.05) is 0 Å². The number of carbonyl (C=O) groups is 1. The second-order valence-corrected chi connectivity index (χ2v) is 5.64. The van der Waals surface area contributed by atoms with Crippen LogP contribution in [0.5, 0.6) is 0 Å². The van der Waals surface area contributed by atoms with Gasteiger partial charge in [-0.1, -0.05) is 13.8 Å². The third-order valence-electron chi connectivity index (χ3n) is 3.85. The van der Waals surface area contributed by atoms with Gasteiger partial charge >= 0.3 is 0 Å². The van der Waals surface area contributed by atoms with Gasteiger partial charge in [0.15, 0.2) is 5.78 Å². The topological polar surface area (TPSA) is 40.9 Å². The Hall–Kier alpha value is -0.840. The molecule has 2 saturated carbocycles. The highest BCUT2D eigenvalue weighted by atomic mass is 16.1. The lowest BCUT2D eigenvalue weighted by atomic mass is 9.85. The van der Waals surface area contributed by atoms with Crippen LogP contribution in [-0.2, 0) is 4.79 Å². The molecule has 2 rings (SSSR count). The molecule has 0 aromatic heterocycles. The quantitative estimate of drug-likeness (QED) is 0.708. The molecule has 2 aliphatic carbocycles. The minimum atomic E-state index is -0.340. The summed E-state index contributed by atoms with van der Waals surface area (Å²) in [6.45, 7) is 4.15. The van der Waals surface area contributed by atoms with Gasteiger partial charge in [0.05, 0.1) is 6.07 Å². The van der Waals surface area contributed by atoms with E-state index in [9.17, 15) is 4.79 Å². The Bertz CT molecular complexity index is 292. The average Bonchev–Trinajstić information content (AvgIpc) is 2.81. The smallest absolute Gasteiger partial charge is 0.153 e. The van der Waals surface area contributed by atoms with Crippen molar-refractivity contribution in [2.45, 2.75) is 39.5 Å². The third-order valence-corrected chi connectivity index (χ3v) is 3.85. The van der Waals surface area contributed by atoms with Crippen LogP contribution in [-0.4, -0.2) is 5.78 Å². The first-order valence-electron chi connectivity index (χ1n) is 6.05. The molecule has 3 unspecified atom stereocenters. The summed E-state index contributed by atoms with van der Waals surface area (Å²) >= 11 is 0. The SMILES string of the molecule is CC(C)CC(C#N)C(=O)C1CC2CC2C1. The molecule has 2 nitrogen and oxygen atoms in total. The van der Waals surface area contributed by atoms with Gasteiger partial charge in [-0.15, -0.1) is 0 Å². The number of ketones is 1. The Morgan fingerprint density at radius 1 is 1.33 bits per heavy atom. The second kappa shape index (κ2) is 3.96. The van der Waals surface area contributed by atoms with Gasteiger partial charge in [-0.25, -0.2) is 0 Å². The van der Waals surface area contributed by atoms with Crippen molar-refractivity contribution >= 4 is 5.78 Å². The number of nitriles is 1. The van der Waals surface area contributed by atoms with Crippen molar-refractivity contribution in [3.8, 4) is 6.07 Å². The van der Waals surface area contributed by atoms with Crippen molar-refractivity contribution in [2.75, 3.05) is 0 Å². The molecule has 0 amide bonds. The summed E-state index contributed by atoms with van der Waals surface area (Å²) in [6, 6.07) is 2.19. The molecule has 15 heavy (non-hydrogen) atoms. The zero-order valence-electron chi connectivity index (χ0n) is 9.57. The van der Waals surface area contributed by atoms with Crippen molar-refractivity contribution in [3.05, 3.63) is 0 Å². The van der Waals surface area contributed by atoms with E-state index in [0.29, 0.717) is 5.92 Å². The number of nitrogens with zero attached hydrogens (tertiary/aromatic N) is 1. The molecule has 3 atom stereocenters. The average molecular weight is 205 g/mol. The molecule has 2 heteroatoms. The lowest BCUT2D eigenvalue weighted by Crippen LogP contribution is -2.23. The summed E-state index contributed by atoms with van der Waals surface area (Å²) in [5.41, 5.74) is 0. The minimum absolute atomic E-state index is 0.220. The zero-order chi connectivity index (χ0) is 11.0. The van der Waals surface area contributed by atoms with Crippen LogP contribution < -0.4 is 0 Å². The number of hydrogen-bond donors (Lipinski definition) is 0. The van der Waals surface area contributed by atoms with Crippen LogP contribution in [0.25, 0.3) is 0 Å². The lowest BCUT2D eigenvalue weighted by molar-refractivity contribution is -0.125. The molecule has 0 heterocycles. The number of fused-ring (bicyclic) bond motifs is 1. The number of hydrogen-bond acceptors (Lipinski definition) is 2. The zero-order valence-corrected chi connectivity index (χ0v) is 9.57. The summed E-state index contributed by atoms with van der Waals surface area (Å²) in [4.78, 5) is 12.1. The number of rotatable bonds is 4. The monoisotopic (exact) mass is 205 g/mol. The standard InChI is InChI=1S/C13H19NO/c1-8(2)3-12(7-14)13(15)11-5-9-4-10(9)6-11/h8-12H,3-6H2,1-2H3. The Morgan fingerprint density at radius 2 is 1.93 bits per heavy atom. The maximum absolute atomic E-state index is 12.1. The summed E-state index contributed by atoms with van der Waals surface area (Å²) in [5.74, 6) is 2.22. The van der Waals surface area contributed by atoms with E-state index in [2.05, 4.69) is 19.9 Å². The third kappa shape index (κ3) is 2.22. The van der Waals surface area contributed by atoms with Gasteiger partial charge in [0, 0.05) is 5.92 Å². The van der Waals surface area contributed by atoms with Crippen LogP contribution in [0.15, 0.2) is 0 Å². The predicted molar refractivity (Wildman–Crippen MR) is 57.9 cm³/mol. The molecule has 2 aliphatic rings. The highest BCUT2D eigenvalue weighted by Gasteiger charge is 2.48. The second-order valence-electron chi connectivity index (χ2n) is 5.64. The van der Waals surface area contributed by atoms with Gasteiger partial charge < -0.3 is 0 Å². The van der Waals surface area contributed by atoms with Crippen LogP contribution in [0, 0.1) is 40.9 Å². The molecule has 0 spiro atoms. The fourth-order valence-corrected chi connectivity index (χ4v) is 2.94. The van der Waals surface area contributed by atoms with Crippen molar-refractivity contribution in [3.63, 3.8) is 0 Å². The van der Waals surface area contributed by atoms with E-state index in [1.165, 1.54) is 6.42 Å². The summed E-state index contributed by atoms with van der Waals surface area (Å²) in [6.07, 6.45) is 4.21. The first kappa shape index (κ1) is 10.7. The first-order valence-corrected chi connectivity index (χ1v) is 6.05. The van der Waals surface area contributed by atoms with Crippen molar-refractivity contribution < 1.29 is 4.79 Å². The van der Waals surface area contributed by atoms with E-state index < -0.39 is 0 Å². The molecule has 82 valence electrons. The van der Waals surface area contributed by atoms with Gasteiger partial charge in [-0.3, -0.25) is 4.79 Å². The van der Waals surface area contributed by atoms with Crippen molar-refractivity contribution in [1.82, 2.24) is 0 Å². The van der Waals surface area contributed by atoms with Gasteiger partial charge in [0.2, 0.25) is 0 Å². The molecule has 0 radical (unpaired) electrons. The minimum Gasteiger partial charge on any atom is -0.298 e. The van der Waals surface area contributed by atoms with Crippen molar-refractivity contribution in [1.29, 1.82) is 5.26 Å². The van der Waals surface area contributed by atoms with Crippen LogP contribution in [0.4, 0.5) is 0 Å². The van der Waals surface area contributed by atoms with E-state index in [4.69, 9.17) is 5.26 Å². The molecule has 0 bridgehead atoms. The van der Waals surface area contributed by atoms with Crippen LogP contribution in [0.2, 0.25) is 0 Å². The molecule has 0 N–H and O–H groups in total. The fraction of sp³-hybridized carbons (Fsp3) is 0.846. The maximum atomic E-state index is 12.1. The van der Waals surface area contributed by atoms with Gasteiger partial charge in [0.25, 0.3) is 0 Å². The summed E-state index contributed by atoms with van der Waals surface area (Å²) in [7, 11) is 0. The Labute approximate surface area is 91.7 Å². The molecular formula is C13H19NO. The van der Waals surface area contributed by atoms with E-state index in [-0.39, 0.29) is 17.6 Å². The maximum Gasteiger partial charge on any atom is 0.153 e. The van der Waals surface area contributed by atoms with Crippen molar-refractivity contribution in [2.24, 2.45) is 29.6 Å². The highest BCUT2D eigenvalue weighted by molar-refractivity contribution is 5.86. The molecule has 0 aromatic rings. The van der Waals surface area contributed by atoms with E-state index >= 15 is 0 Å². The summed E-state index contributed by atoms with van der Waals surface area (Å²) < 4.78 is 0. The molecule has 0 saturated heterocycles. The van der Waals surface area contributed by atoms with Crippen LogP contribution in [0.3, 0.4) is 0 Å². The Morgan fingerprint density at radius 3 is 2.40 bits per heavy atom. The van der Waals surface area contributed by atoms with Gasteiger partial charge in [-0.2, -0.15) is 5.26 Å². The van der Waals surface area contributed by atoms with Crippen LogP contribution >= 0.6 is 0 Å². The first-order chi connectivity index (χ1) is 7.11. The number of Topliss-reactive ketones (excluding diaryl/α,β-unsaturated/α-hetero) is 1. The molecule has 0 aliphatic heterocycles. The molecular weight excluding hydrogens is 186 g/mol. The normalized spacial score (nSPS) is 34.7. The molecule has 0 aromatic carbocycles. The Kier molecular flexibility index (Phi) is 2.82. The largest absolute Gasteiger partial charge is 0.298 e. The van der Waals surface area contributed by atoms with E-state index in [0.717, 1.165) is 31.1 Å². The fourth-order valence-electron chi connectivity index (χ4n) is 2.94. The number of carbonyl (C=O) groups excluding carboxylic acids is 1. The van der Waals surface area contributed by atoms with E-state index in [1.54, 1.807) is 0 Å². The van der Waals surface area contributed by atoms with Gasteiger partial charge in [-0.05, 0) is 43.4 Å². The summed E-state index contributed by atoms with van der Waals surface area (Å²) in [5, 5.41) is 9.01.